The van der Waals surface area contributed by atoms with Gasteiger partial charge in [0.2, 0.25) is 0 Å². The Bertz CT molecular complexity index is 783. The first-order valence-corrected chi connectivity index (χ1v) is 7.80. The van der Waals surface area contributed by atoms with Crippen LogP contribution in [0.15, 0.2) is 48.5 Å². The van der Waals surface area contributed by atoms with Crippen molar-refractivity contribution in [2.24, 2.45) is 5.73 Å². The van der Waals surface area contributed by atoms with Gasteiger partial charge >= 0.3 is 0 Å². The number of Topliss-reactive ketones (excluding diaryl/α,β-unsaturated/α-hetero) is 1. The van der Waals surface area contributed by atoms with Gasteiger partial charge < -0.3 is 15.4 Å². The molecule has 2 aromatic rings. The molecule has 2 rings (SSSR count). The second kappa shape index (κ2) is 8.10. The Morgan fingerprint density at radius 1 is 1.04 bits per heavy atom. The van der Waals surface area contributed by atoms with Crippen LogP contribution < -0.4 is 10.5 Å². The molecule has 3 N–H and O–H groups in total. The lowest BCUT2D eigenvalue weighted by Crippen LogP contribution is -2.21. The highest BCUT2D eigenvalue weighted by molar-refractivity contribution is 5.98. The molecule has 0 aromatic heterocycles. The fourth-order valence-corrected chi connectivity index (χ4v) is 2.22. The van der Waals surface area contributed by atoms with Crippen molar-refractivity contribution in [1.82, 2.24) is 4.90 Å². The third kappa shape index (κ3) is 4.91. The van der Waals surface area contributed by atoms with Crippen LogP contribution >= 0.6 is 0 Å². The summed E-state index contributed by atoms with van der Waals surface area (Å²) in [5.74, 6) is 0.362. The molecular formula is C19H21N3O3. The maximum absolute atomic E-state index is 12.2. The summed E-state index contributed by atoms with van der Waals surface area (Å²) in [5, 5.41) is 7.40. The molecule has 0 spiro atoms. The largest absolute Gasteiger partial charge is 0.493 e. The van der Waals surface area contributed by atoms with Gasteiger partial charge in [0.15, 0.2) is 5.78 Å². The zero-order valence-electron chi connectivity index (χ0n) is 14.3. The number of nitrogens with one attached hydrogen (secondary N) is 1. The van der Waals surface area contributed by atoms with Gasteiger partial charge in [-0.15, -0.1) is 0 Å². The van der Waals surface area contributed by atoms with E-state index in [1.807, 2.05) is 0 Å². The van der Waals surface area contributed by atoms with E-state index in [9.17, 15) is 9.59 Å². The van der Waals surface area contributed by atoms with E-state index in [1.54, 1.807) is 62.6 Å². The molecule has 1 amide bonds. The molecule has 2 aromatic carbocycles. The van der Waals surface area contributed by atoms with Gasteiger partial charge in [-0.05, 0) is 24.3 Å². The fourth-order valence-electron chi connectivity index (χ4n) is 2.22. The van der Waals surface area contributed by atoms with E-state index in [0.717, 1.165) is 0 Å². The zero-order chi connectivity index (χ0) is 18.4. The Morgan fingerprint density at radius 3 is 2.28 bits per heavy atom. The van der Waals surface area contributed by atoms with E-state index < -0.39 is 0 Å². The average molecular weight is 339 g/mol. The van der Waals surface area contributed by atoms with E-state index in [2.05, 4.69) is 0 Å². The van der Waals surface area contributed by atoms with Crippen LogP contribution in [0.2, 0.25) is 0 Å². The van der Waals surface area contributed by atoms with E-state index >= 15 is 0 Å². The highest BCUT2D eigenvalue weighted by Gasteiger charge is 2.10. The standard InChI is InChI=1S/C19H21N3O3/c1-22(2)19(24)14-8-6-13(7-9-14)17(23)10-11-25-16-5-3-4-15(12-16)18(20)21/h3-9,12H,10-11H2,1-2H3,(H3,20,21). The van der Waals surface area contributed by atoms with Crippen molar-refractivity contribution < 1.29 is 14.3 Å². The van der Waals surface area contributed by atoms with Crippen LogP contribution in [0.3, 0.4) is 0 Å². The molecule has 0 heterocycles. The summed E-state index contributed by atoms with van der Waals surface area (Å²) in [5.41, 5.74) is 7.09. The minimum absolute atomic E-state index is 0.0334. The van der Waals surface area contributed by atoms with E-state index in [-0.39, 0.29) is 30.6 Å². The van der Waals surface area contributed by atoms with Gasteiger partial charge in [-0.25, -0.2) is 0 Å². The molecule has 0 radical (unpaired) electrons. The molecule has 6 nitrogen and oxygen atoms in total. The summed E-state index contributed by atoms with van der Waals surface area (Å²) in [6.45, 7) is 0.221. The Hall–Kier alpha value is -3.15. The molecule has 6 heteroatoms. The number of nitrogens with zero attached hydrogens (tertiary/aromatic N) is 1. The molecule has 130 valence electrons. The lowest BCUT2D eigenvalue weighted by molar-refractivity contribution is 0.0826. The minimum atomic E-state index is -0.104. The Kier molecular flexibility index (Phi) is 5.89. The first-order chi connectivity index (χ1) is 11.9. The summed E-state index contributed by atoms with van der Waals surface area (Å²) in [6, 6.07) is 13.5. The lowest BCUT2D eigenvalue weighted by atomic mass is 10.1. The van der Waals surface area contributed by atoms with Crippen LogP contribution in [0, 0.1) is 5.41 Å². The number of ketones is 1. The number of carbonyl (C=O) groups excluding carboxylic acids is 2. The van der Waals surface area contributed by atoms with Gasteiger partial charge in [0.1, 0.15) is 11.6 Å². The Balaban J connectivity index is 1.91. The molecule has 0 aliphatic heterocycles. The quantitative estimate of drug-likeness (QED) is 0.460. The van der Waals surface area contributed by atoms with Crippen LogP contribution in [0.5, 0.6) is 5.75 Å². The molecule has 0 saturated carbocycles. The second-order valence-electron chi connectivity index (χ2n) is 5.74. The summed E-state index contributed by atoms with van der Waals surface area (Å²) in [6.07, 6.45) is 0.214. The Morgan fingerprint density at radius 2 is 1.68 bits per heavy atom. The number of ether oxygens (including phenoxy) is 1. The van der Waals surface area contributed by atoms with Crippen molar-refractivity contribution in [2.75, 3.05) is 20.7 Å². The number of amidine groups is 1. The average Bonchev–Trinajstić information content (AvgIpc) is 2.61. The van der Waals surface area contributed by atoms with Crippen LogP contribution in [-0.4, -0.2) is 43.1 Å². The molecule has 0 unspecified atom stereocenters. The third-order valence-corrected chi connectivity index (χ3v) is 3.60. The fraction of sp³-hybridized carbons (Fsp3) is 0.211. The molecule has 0 aliphatic carbocycles. The maximum atomic E-state index is 12.2. The first-order valence-electron chi connectivity index (χ1n) is 7.80. The summed E-state index contributed by atoms with van der Waals surface area (Å²) >= 11 is 0. The van der Waals surface area contributed by atoms with Gasteiger partial charge in [0.25, 0.3) is 5.91 Å². The third-order valence-electron chi connectivity index (χ3n) is 3.60. The number of nitrogen functional groups attached to an aromatic ring is 1. The molecular weight excluding hydrogens is 318 g/mol. The smallest absolute Gasteiger partial charge is 0.253 e. The van der Waals surface area contributed by atoms with Crippen LogP contribution in [0.4, 0.5) is 0 Å². The van der Waals surface area contributed by atoms with Crippen molar-refractivity contribution in [2.45, 2.75) is 6.42 Å². The predicted octanol–water partition coefficient (Wildman–Crippen LogP) is 2.32. The van der Waals surface area contributed by atoms with E-state index in [0.29, 0.717) is 22.4 Å². The van der Waals surface area contributed by atoms with Gasteiger partial charge in [-0.1, -0.05) is 24.3 Å². The second-order valence-corrected chi connectivity index (χ2v) is 5.74. The summed E-state index contributed by atoms with van der Waals surface area (Å²) in [7, 11) is 3.36. The van der Waals surface area contributed by atoms with Gasteiger partial charge in [-0.2, -0.15) is 0 Å². The number of nitrogens with two attached hydrogens (primary N) is 1. The number of hydrogen-bond donors (Lipinski definition) is 2. The SMILES string of the molecule is CN(C)C(=O)c1ccc(C(=O)CCOc2cccc(C(=N)N)c2)cc1. The molecule has 0 aliphatic rings. The maximum Gasteiger partial charge on any atom is 0.253 e. The van der Waals surface area contributed by atoms with Crippen molar-refractivity contribution in [3.63, 3.8) is 0 Å². The van der Waals surface area contributed by atoms with Crippen molar-refractivity contribution in [3.05, 3.63) is 65.2 Å². The minimum Gasteiger partial charge on any atom is -0.493 e. The molecule has 25 heavy (non-hydrogen) atoms. The van der Waals surface area contributed by atoms with E-state index in [4.69, 9.17) is 15.9 Å². The van der Waals surface area contributed by atoms with Crippen LogP contribution in [0.25, 0.3) is 0 Å². The predicted molar refractivity (Wildman–Crippen MR) is 96.4 cm³/mol. The van der Waals surface area contributed by atoms with Gasteiger partial charge in [0, 0.05) is 37.2 Å². The van der Waals surface area contributed by atoms with Gasteiger partial charge in [0.05, 0.1) is 6.61 Å². The highest BCUT2D eigenvalue weighted by Crippen LogP contribution is 2.14. The normalized spacial score (nSPS) is 10.2. The number of carbonyl (C=O) groups is 2. The monoisotopic (exact) mass is 339 g/mol. The number of rotatable bonds is 7. The highest BCUT2D eigenvalue weighted by atomic mass is 16.5. The molecule has 0 bridgehead atoms. The van der Waals surface area contributed by atoms with Gasteiger partial charge in [-0.3, -0.25) is 15.0 Å². The molecule has 0 fully saturated rings. The van der Waals surface area contributed by atoms with Crippen LogP contribution in [0.1, 0.15) is 32.7 Å². The van der Waals surface area contributed by atoms with Crippen molar-refractivity contribution >= 4 is 17.5 Å². The summed E-state index contributed by atoms with van der Waals surface area (Å²) < 4.78 is 5.55. The van der Waals surface area contributed by atoms with E-state index in [1.165, 1.54) is 4.90 Å². The number of benzene rings is 2. The topological polar surface area (TPSA) is 96.5 Å². The first kappa shape index (κ1) is 18.2. The molecule has 0 atom stereocenters. The number of amides is 1. The lowest BCUT2D eigenvalue weighted by Gasteiger charge is -2.10. The van der Waals surface area contributed by atoms with Crippen LogP contribution in [-0.2, 0) is 0 Å². The molecule has 0 saturated heterocycles. The van der Waals surface area contributed by atoms with Crippen molar-refractivity contribution in [1.29, 1.82) is 5.41 Å². The van der Waals surface area contributed by atoms with Crippen molar-refractivity contribution in [3.8, 4) is 5.75 Å². The number of hydrogen-bond acceptors (Lipinski definition) is 4. The zero-order valence-corrected chi connectivity index (χ0v) is 14.3. The summed E-state index contributed by atoms with van der Waals surface area (Å²) in [4.78, 5) is 25.5. The Labute approximate surface area is 146 Å².